The lowest BCUT2D eigenvalue weighted by Crippen LogP contribution is -2.55. The smallest absolute Gasteiger partial charge is 0.305 e. The number of carbonyl (C=O) groups excluding carboxylic acids is 1. The molecule has 3 aliphatic heterocycles. The summed E-state index contributed by atoms with van der Waals surface area (Å²) in [4.78, 5) is 18.4. The van der Waals surface area contributed by atoms with Gasteiger partial charge in [-0.1, -0.05) is 0 Å². The van der Waals surface area contributed by atoms with Crippen LogP contribution in [0.2, 0.25) is 0 Å². The maximum atomic E-state index is 11.7. The maximum Gasteiger partial charge on any atom is 0.305 e. The van der Waals surface area contributed by atoms with Gasteiger partial charge in [0.1, 0.15) is 5.75 Å². The highest BCUT2D eigenvalue weighted by Gasteiger charge is 2.43. The lowest BCUT2D eigenvalue weighted by atomic mass is 9.72. The Hall–Kier alpha value is -2.18. The number of carbonyl (C=O) groups is 1. The zero-order valence-electron chi connectivity index (χ0n) is 15.8. The van der Waals surface area contributed by atoms with Gasteiger partial charge in [-0.15, -0.1) is 0 Å². The van der Waals surface area contributed by atoms with Gasteiger partial charge in [0.15, 0.2) is 0 Å². The second-order valence-electron chi connectivity index (χ2n) is 7.62. The molecule has 1 aromatic carbocycles. The molecule has 0 radical (unpaired) electrons. The number of aromatic nitrogens is 1. The summed E-state index contributed by atoms with van der Waals surface area (Å²) in [5, 5.41) is 12.2. The number of ether oxygens (including phenoxy) is 2. The highest BCUT2D eigenvalue weighted by Crippen LogP contribution is 2.43. The molecular formula is C21H26N2O4. The summed E-state index contributed by atoms with van der Waals surface area (Å²) in [7, 11) is 3.08. The van der Waals surface area contributed by atoms with Crippen molar-refractivity contribution >= 4 is 16.9 Å². The van der Waals surface area contributed by atoms with Crippen molar-refractivity contribution in [2.75, 3.05) is 27.3 Å². The molecule has 1 N–H and O–H groups in total. The first kappa shape index (κ1) is 18.2. The van der Waals surface area contributed by atoms with Crippen molar-refractivity contribution < 1.29 is 19.4 Å². The largest absolute Gasteiger partial charge is 0.497 e. The standard InChI is InChI=1S/C21H26N2O4/c1-26-15-3-4-18-17(11-15)16(5-7-22-18)21(25)19-9-13-6-8-23(19)12-14(13)10-20(24)27-2/h3-5,7,11,13-14,19,21,25H,6,8-10,12H2,1-2H3/t13-,14+,19+,21-/m0/s1. The summed E-state index contributed by atoms with van der Waals surface area (Å²) in [6.45, 7) is 1.81. The van der Waals surface area contributed by atoms with Gasteiger partial charge in [-0.25, -0.2) is 0 Å². The van der Waals surface area contributed by atoms with Crippen molar-refractivity contribution in [3.05, 3.63) is 36.0 Å². The molecule has 6 heteroatoms. The molecule has 0 saturated carbocycles. The Morgan fingerprint density at radius 2 is 2.22 bits per heavy atom. The van der Waals surface area contributed by atoms with E-state index in [0.717, 1.165) is 48.1 Å². The van der Waals surface area contributed by atoms with Crippen LogP contribution in [-0.2, 0) is 9.53 Å². The molecule has 2 aromatic rings. The van der Waals surface area contributed by atoms with E-state index in [2.05, 4.69) is 9.88 Å². The molecule has 0 aliphatic carbocycles. The Kier molecular flexibility index (Phi) is 5.02. The van der Waals surface area contributed by atoms with Crippen LogP contribution in [-0.4, -0.2) is 54.3 Å². The van der Waals surface area contributed by atoms with Gasteiger partial charge in [0.25, 0.3) is 0 Å². The number of pyridine rings is 1. The first-order valence-electron chi connectivity index (χ1n) is 9.52. The molecule has 4 heterocycles. The number of rotatable bonds is 5. The fourth-order valence-corrected chi connectivity index (χ4v) is 4.78. The zero-order valence-corrected chi connectivity index (χ0v) is 15.8. The monoisotopic (exact) mass is 370 g/mol. The van der Waals surface area contributed by atoms with E-state index in [-0.39, 0.29) is 12.0 Å². The quantitative estimate of drug-likeness (QED) is 0.816. The summed E-state index contributed by atoms with van der Waals surface area (Å²) in [5.74, 6) is 1.39. The SMILES string of the molecule is COC(=O)C[C@@H]1CN2CC[C@H]1C[C@@H]2[C@@H](O)c1ccnc2ccc(OC)cc12. The van der Waals surface area contributed by atoms with Crippen LogP contribution < -0.4 is 4.74 Å². The Balaban J connectivity index is 1.58. The van der Waals surface area contributed by atoms with Gasteiger partial charge in [0.05, 0.1) is 25.8 Å². The summed E-state index contributed by atoms with van der Waals surface area (Å²) in [5.41, 5.74) is 1.74. The van der Waals surface area contributed by atoms with Crippen LogP contribution in [0.25, 0.3) is 10.9 Å². The molecular weight excluding hydrogens is 344 g/mol. The van der Waals surface area contributed by atoms with Gasteiger partial charge in [0, 0.05) is 30.6 Å². The molecule has 3 saturated heterocycles. The van der Waals surface area contributed by atoms with E-state index in [0.29, 0.717) is 18.3 Å². The van der Waals surface area contributed by atoms with Gasteiger partial charge >= 0.3 is 5.97 Å². The maximum absolute atomic E-state index is 11.7. The van der Waals surface area contributed by atoms with E-state index in [1.54, 1.807) is 13.3 Å². The van der Waals surface area contributed by atoms with Crippen LogP contribution >= 0.6 is 0 Å². The fourth-order valence-electron chi connectivity index (χ4n) is 4.78. The van der Waals surface area contributed by atoms with Crippen LogP contribution in [0.3, 0.4) is 0 Å². The van der Waals surface area contributed by atoms with E-state index in [1.165, 1.54) is 7.11 Å². The summed E-state index contributed by atoms with van der Waals surface area (Å²) in [6, 6.07) is 7.72. The molecule has 144 valence electrons. The zero-order chi connectivity index (χ0) is 19.0. The Morgan fingerprint density at radius 3 is 2.93 bits per heavy atom. The Morgan fingerprint density at radius 1 is 1.37 bits per heavy atom. The van der Waals surface area contributed by atoms with Crippen molar-refractivity contribution in [2.24, 2.45) is 11.8 Å². The first-order valence-corrected chi connectivity index (χ1v) is 9.52. The van der Waals surface area contributed by atoms with E-state index in [4.69, 9.17) is 9.47 Å². The van der Waals surface area contributed by atoms with Gasteiger partial charge in [-0.2, -0.15) is 0 Å². The second-order valence-corrected chi connectivity index (χ2v) is 7.62. The van der Waals surface area contributed by atoms with Gasteiger partial charge in [0.2, 0.25) is 0 Å². The molecule has 3 fully saturated rings. The number of nitrogens with zero attached hydrogens (tertiary/aromatic N) is 2. The molecule has 5 atom stereocenters. The number of hydrogen-bond donors (Lipinski definition) is 1. The van der Waals surface area contributed by atoms with Gasteiger partial charge < -0.3 is 14.6 Å². The molecule has 0 spiro atoms. The van der Waals surface area contributed by atoms with Crippen molar-refractivity contribution in [2.45, 2.75) is 31.4 Å². The fraction of sp³-hybridized carbons (Fsp3) is 0.524. The minimum absolute atomic E-state index is 0.0643. The number of aliphatic hydroxyl groups excluding tert-OH is 1. The predicted octanol–water partition coefficient (Wildman–Crippen LogP) is 2.55. The van der Waals surface area contributed by atoms with Crippen molar-refractivity contribution in [1.82, 2.24) is 9.88 Å². The predicted molar refractivity (Wildman–Crippen MR) is 101 cm³/mol. The molecule has 3 aliphatic rings. The molecule has 2 bridgehead atoms. The molecule has 5 rings (SSSR count). The van der Waals surface area contributed by atoms with Crippen LogP contribution in [0, 0.1) is 11.8 Å². The molecule has 27 heavy (non-hydrogen) atoms. The van der Waals surface area contributed by atoms with Crippen LogP contribution in [0.5, 0.6) is 5.75 Å². The third kappa shape index (κ3) is 3.39. The van der Waals surface area contributed by atoms with Crippen LogP contribution in [0.4, 0.5) is 0 Å². The number of methoxy groups -OCH3 is 2. The lowest BCUT2D eigenvalue weighted by Gasteiger charge is -2.51. The summed E-state index contributed by atoms with van der Waals surface area (Å²) < 4.78 is 10.2. The molecule has 1 aromatic heterocycles. The summed E-state index contributed by atoms with van der Waals surface area (Å²) >= 11 is 0. The number of piperidine rings is 3. The first-order chi connectivity index (χ1) is 13.1. The average molecular weight is 370 g/mol. The Labute approximate surface area is 159 Å². The minimum atomic E-state index is -0.593. The van der Waals surface area contributed by atoms with E-state index >= 15 is 0 Å². The highest BCUT2D eigenvalue weighted by molar-refractivity contribution is 5.84. The lowest BCUT2D eigenvalue weighted by molar-refractivity contribution is -0.144. The third-order valence-electron chi connectivity index (χ3n) is 6.26. The minimum Gasteiger partial charge on any atom is -0.497 e. The number of aliphatic hydroxyl groups is 1. The number of fused-ring (bicyclic) bond motifs is 4. The van der Waals surface area contributed by atoms with Crippen LogP contribution in [0.15, 0.2) is 30.5 Å². The third-order valence-corrected chi connectivity index (χ3v) is 6.26. The molecule has 6 nitrogen and oxygen atoms in total. The van der Waals surface area contributed by atoms with E-state index < -0.39 is 6.10 Å². The molecule has 0 amide bonds. The highest BCUT2D eigenvalue weighted by atomic mass is 16.5. The van der Waals surface area contributed by atoms with E-state index in [9.17, 15) is 9.90 Å². The van der Waals surface area contributed by atoms with Crippen LogP contribution in [0.1, 0.15) is 30.9 Å². The van der Waals surface area contributed by atoms with E-state index in [1.807, 2.05) is 24.3 Å². The van der Waals surface area contributed by atoms with Gasteiger partial charge in [-0.05, 0) is 61.1 Å². The number of benzene rings is 1. The summed E-state index contributed by atoms with van der Waals surface area (Å²) in [6.07, 6.45) is 3.61. The number of esters is 1. The Bertz CT molecular complexity index is 840. The van der Waals surface area contributed by atoms with Crippen molar-refractivity contribution in [3.63, 3.8) is 0 Å². The van der Waals surface area contributed by atoms with Crippen molar-refractivity contribution in [3.8, 4) is 5.75 Å². The second kappa shape index (κ2) is 7.44. The molecule has 1 unspecified atom stereocenters. The van der Waals surface area contributed by atoms with Gasteiger partial charge in [-0.3, -0.25) is 14.7 Å². The average Bonchev–Trinajstić information content (AvgIpc) is 2.72. The number of hydrogen-bond acceptors (Lipinski definition) is 6. The topological polar surface area (TPSA) is 71.9 Å². The normalized spacial score (nSPS) is 28.1. The van der Waals surface area contributed by atoms with Crippen molar-refractivity contribution in [1.29, 1.82) is 0 Å².